The third-order valence-corrected chi connectivity index (χ3v) is 4.34. The van der Waals surface area contributed by atoms with E-state index in [0.717, 1.165) is 19.3 Å². The summed E-state index contributed by atoms with van der Waals surface area (Å²) in [5, 5.41) is 9.12. The van der Waals surface area contributed by atoms with Crippen molar-refractivity contribution >= 4 is 5.97 Å². The molecule has 0 aromatic carbocycles. The molecular weight excluding hydrogens is 202 g/mol. The molecule has 0 spiro atoms. The van der Waals surface area contributed by atoms with Crippen LogP contribution in [0.2, 0.25) is 0 Å². The van der Waals surface area contributed by atoms with Crippen LogP contribution in [0.4, 0.5) is 0 Å². The van der Waals surface area contributed by atoms with E-state index in [1.54, 1.807) is 0 Å². The average Bonchev–Trinajstić information content (AvgIpc) is 2.16. The fourth-order valence-electron chi connectivity index (χ4n) is 3.52. The molecule has 0 aliphatic heterocycles. The molecule has 1 saturated carbocycles. The highest BCUT2D eigenvalue weighted by Crippen LogP contribution is 2.49. The van der Waals surface area contributed by atoms with Crippen LogP contribution in [0, 0.1) is 17.3 Å². The molecule has 3 atom stereocenters. The third-order valence-electron chi connectivity index (χ3n) is 4.34. The summed E-state index contributed by atoms with van der Waals surface area (Å²) in [6, 6.07) is -0.0312. The SMILES string of the molecule is CC(C)C1CCCCC1(CC(=O)O)C(C)N. The molecule has 3 N–H and O–H groups in total. The molecule has 0 amide bonds. The number of hydrogen-bond acceptors (Lipinski definition) is 2. The Morgan fingerprint density at radius 3 is 2.50 bits per heavy atom. The van der Waals surface area contributed by atoms with E-state index < -0.39 is 5.97 Å². The Labute approximate surface area is 98.4 Å². The summed E-state index contributed by atoms with van der Waals surface area (Å²) in [7, 11) is 0. The van der Waals surface area contributed by atoms with Gasteiger partial charge in [-0.25, -0.2) is 0 Å². The van der Waals surface area contributed by atoms with E-state index in [1.165, 1.54) is 6.42 Å². The van der Waals surface area contributed by atoms with Crippen molar-refractivity contribution in [2.45, 2.75) is 58.9 Å². The topological polar surface area (TPSA) is 63.3 Å². The smallest absolute Gasteiger partial charge is 0.303 e. The molecule has 0 heterocycles. The lowest BCUT2D eigenvalue weighted by molar-refractivity contribution is -0.143. The second kappa shape index (κ2) is 5.17. The molecular formula is C13H25NO2. The van der Waals surface area contributed by atoms with Crippen LogP contribution < -0.4 is 5.73 Å². The quantitative estimate of drug-likeness (QED) is 0.776. The van der Waals surface area contributed by atoms with Gasteiger partial charge >= 0.3 is 5.97 Å². The molecule has 1 fully saturated rings. The Morgan fingerprint density at radius 1 is 1.44 bits per heavy atom. The van der Waals surface area contributed by atoms with Gasteiger partial charge in [-0.1, -0.05) is 26.7 Å². The second-order valence-electron chi connectivity index (χ2n) is 5.69. The van der Waals surface area contributed by atoms with Crippen molar-refractivity contribution in [3.63, 3.8) is 0 Å². The summed E-state index contributed by atoms with van der Waals surface area (Å²) in [6.45, 7) is 6.35. The standard InChI is InChI=1S/C13H25NO2/c1-9(2)11-6-4-5-7-13(11,10(3)14)8-12(15)16/h9-11H,4-8,14H2,1-3H3,(H,15,16). The van der Waals surface area contributed by atoms with E-state index in [2.05, 4.69) is 13.8 Å². The van der Waals surface area contributed by atoms with Gasteiger partial charge in [-0.2, -0.15) is 0 Å². The molecule has 94 valence electrons. The Balaban J connectivity index is 2.97. The predicted octanol–water partition coefficient (Wildman–Crippen LogP) is 2.64. The van der Waals surface area contributed by atoms with Gasteiger partial charge < -0.3 is 10.8 Å². The van der Waals surface area contributed by atoms with E-state index in [9.17, 15) is 4.79 Å². The van der Waals surface area contributed by atoms with Crippen molar-refractivity contribution in [1.29, 1.82) is 0 Å². The minimum Gasteiger partial charge on any atom is -0.481 e. The first-order chi connectivity index (χ1) is 7.40. The van der Waals surface area contributed by atoms with Gasteiger partial charge in [0.05, 0.1) is 6.42 Å². The number of aliphatic carboxylic acids is 1. The minimum absolute atomic E-state index is 0.0312. The average molecular weight is 227 g/mol. The molecule has 0 aromatic rings. The molecule has 0 aromatic heterocycles. The van der Waals surface area contributed by atoms with Gasteiger partial charge in [0, 0.05) is 6.04 Å². The van der Waals surface area contributed by atoms with E-state index in [0.29, 0.717) is 11.8 Å². The van der Waals surface area contributed by atoms with Crippen LogP contribution in [0.15, 0.2) is 0 Å². The maximum Gasteiger partial charge on any atom is 0.303 e. The largest absolute Gasteiger partial charge is 0.481 e. The lowest BCUT2D eigenvalue weighted by Gasteiger charge is -2.48. The van der Waals surface area contributed by atoms with Gasteiger partial charge in [0.2, 0.25) is 0 Å². The first-order valence-electron chi connectivity index (χ1n) is 6.37. The van der Waals surface area contributed by atoms with Crippen LogP contribution in [0.25, 0.3) is 0 Å². The summed E-state index contributed by atoms with van der Waals surface area (Å²) >= 11 is 0. The highest BCUT2D eigenvalue weighted by molar-refractivity contribution is 5.68. The van der Waals surface area contributed by atoms with Crippen LogP contribution in [0.3, 0.4) is 0 Å². The van der Waals surface area contributed by atoms with Gasteiger partial charge in [0.1, 0.15) is 0 Å². The summed E-state index contributed by atoms with van der Waals surface area (Å²) in [6.07, 6.45) is 4.68. The molecule has 0 saturated heterocycles. The normalized spacial score (nSPS) is 32.7. The van der Waals surface area contributed by atoms with Gasteiger partial charge in [-0.3, -0.25) is 4.79 Å². The van der Waals surface area contributed by atoms with Crippen LogP contribution in [-0.2, 0) is 4.79 Å². The molecule has 3 nitrogen and oxygen atoms in total. The van der Waals surface area contributed by atoms with Gasteiger partial charge in [0.25, 0.3) is 0 Å². The summed E-state index contributed by atoms with van der Waals surface area (Å²) in [5.74, 6) is 0.271. The number of nitrogens with two attached hydrogens (primary N) is 1. The number of carboxylic acid groups (broad SMARTS) is 1. The van der Waals surface area contributed by atoms with Crippen molar-refractivity contribution in [2.75, 3.05) is 0 Å². The monoisotopic (exact) mass is 227 g/mol. The van der Waals surface area contributed by atoms with Crippen molar-refractivity contribution < 1.29 is 9.90 Å². The van der Waals surface area contributed by atoms with Crippen molar-refractivity contribution in [1.82, 2.24) is 0 Å². The van der Waals surface area contributed by atoms with Gasteiger partial charge in [-0.15, -0.1) is 0 Å². The van der Waals surface area contributed by atoms with Crippen molar-refractivity contribution in [3.8, 4) is 0 Å². The third kappa shape index (κ3) is 2.57. The zero-order chi connectivity index (χ0) is 12.3. The molecule has 0 radical (unpaired) electrons. The Morgan fingerprint density at radius 2 is 2.06 bits per heavy atom. The summed E-state index contributed by atoms with van der Waals surface area (Å²) in [5.41, 5.74) is 5.93. The van der Waals surface area contributed by atoms with Crippen LogP contribution >= 0.6 is 0 Å². The summed E-state index contributed by atoms with van der Waals surface area (Å²) < 4.78 is 0. The Kier molecular flexibility index (Phi) is 4.36. The van der Waals surface area contributed by atoms with Crippen molar-refractivity contribution in [3.05, 3.63) is 0 Å². The molecule has 0 bridgehead atoms. The molecule has 1 aliphatic carbocycles. The maximum atomic E-state index is 11.1. The molecule has 1 aliphatic rings. The van der Waals surface area contributed by atoms with E-state index >= 15 is 0 Å². The first kappa shape index (κ1) is 13.5. The van der Waals surface area contributed by atoms with Crippen molar-refractivity contribution in [2.24, 2.45) is 23.0 Å². The maximum absolute atomic E-state index is 11.1. The predicted molar refractivity (Wildman–Crippen MR) is 65.1 cm³/mol. The fourth-order valence-corrected chi connectivity index (χ4v) is 3.52. The van der Waals surface area contributed by atoms with Gasteiger partial charge in [-0.05, 0) is 37.0 Å². The lowest BCUT2D eigenvalue weighted by atomic mass is 9.58. The number of carboxylic acids is 1. The zero-order valence-corrected chi connectivity index (χ0v) is 10.7. The van der Waals surface area contributed by atoms with Crippen LogP contribution in [0.1, 0.15) is 52.9 Å². The zero-order valence-electron chi connectivity index (χ0n) is 10.7. The van der Waals surface area contributed by atoms with Crippen LogP contribution in [-0.4, -0.2) is 17.1 Å². The summed E-state index contributed by atoms with van der Waals surface area (Å²) in [4.78, 5) is 11.1. The van der Waals surface area contributed by atoms with Gasteiger partial charge in [0.15, 0.2) is 0 Å². The van der Waals surface area contributed by atoms with E-state index in [-0.39, 0.29) is 17.9 Å². The molecule has 16 heavy (non-hydrogen) atoms. The molecule has 3 unspecified atom stereocenters. The first-order valence-corrected chi connectivity index (χ1v) is 6.37. The second-order valence-corrected chi connectivity index (χ2v) is 5.69. The van der Waals surface area contributed by atoms with Crippen LogP contribution in [0.5, 0.6) is 0 Å². The highest BCUT2D eigenvalue weighted by atomic mass is 16.4. The van der Waals surface area contributed by atoms with E-state index in [4.69, 9.17) is 10.8 Å². The Hall–Kier alpha value is -0.570. The fraction of sp³-hybridized carbons (Fsp3) is 0.923. The number of rotatable bonds is 4. The minimum atomic E-state index is -0.704. The number of hydrogen-bond donors (Lipinski definition) is 2. The lowest BCUT2D eigenvalue weighted by Crippen LogP contribution is -2.50. The molecule has 1 rings (SSSR count). The molecule has 3 heteroatoms. The highest BCUT2D eigenvalue weighted by Gasteiger charge is 2.46. The van der Waals surface area contributed by atoms with E-state index in [1.807, 2.05) is 6.92 Å². The Bertz CT molecular complexity index is 250. The number of carbonyl (C=O) groups is 1.